The van der Waals surface area contributed by atoms with Crippen molar-refractivity contribution in [1.29, 1.82) is 0 Å². The van der Waals surface area contributed by atoms with E-state index in [4.69, 9.17) is 14.9 Å². The van der Waals surface area contributed by atoms with E-state index in [1.165, 1.54) is 6.20 Å². The smallest absolute Gasteiger partial charge is 0.340 e. The van der Waals surface area contributed by atoms with Crippen molar-refractivity contribution in [3.63, 3.8) is 0 Å². The quantitative estimate of drug-likeness (QED) is 0.815. The molecule has 0 spiro atoms. The summed E-state index contributed by atoms with van der Waals surface area (Å²) in [6.07, 6.45) is 3.04. The van der Waals surface area contributed by atoms with Gasteiger partial charge in [0.15, 0.2) is 0 Å². The van der Waals surface area contributed by atoms with Crippen LogP contribution in [0, 0.1) is 0 Å². The first-order valence-corrected chi connectivity index (χ1v) is 6.34. The van der Waals surface area contributed by atoms with Gasteiger partial charge < -0.3 is 20.2 Å². The number of nitrogens with zero attached hydrogens (tertiary/aromatic N) is 1. The van der Waals surface area contributed by atoms with Gasteiger partial charge in [-0.1, -0.05) is 0 Å². The van der Waals surface area contributed by atoms with E-state index in [0.29, 0.717) is 23.7 Å². The molecule has 0 aromatic carbocycles. The van der Waals surface area contributed by atoms with Gasteiger partial charge in [-0.05, 0) is 32.0 Å². The van der Waals surface area contributed by atoms with Crippen LogP contribution >= 0.6 is 0 Å². The number of aromatic nitrogens is 1. The van der Waals surface area contributed by atoms with Crippen molar-refractivity contribution in [2.45, 2.75) is 19.9 Å². The summed E-state index contributed by atoms with van der Waals surface area (Å²) in [5, 5.41) is 3.14. The highest BCUT2D eigenvalue weighted by Gasteiger charge is 2.14. The third-order valence-electron chi connectivity index (χ3n) is 2.76. The third kappa shape index (κ3) is 3.09. The second-order valence-electron chi connectivity index (χ2n) is 4.26. The number of furan rings is 1. The molecule has 2 heterocycles. The van der Waals surface area contributed by atoms with Crippen molar-refractivity contribution in [2.75, 3.05) is 17.7 Å². The fourth-order valence-electron chi connectivity index (χ4n) is 1.76. The number of hydrogen-bond donors (Lipinski definition) is 2. The van der Waals surface area contributed by atoms with E-state index in [-0.39, 0.29) is 6.04 Å². The van der Waals surface area contributed by atoms with Gasteiger partial charge in [0, 0.05) is 0 Å². The van der Waals surface area contributed by atoms with Crippen LogP contribution in [0.2, 0.25) is 0 Å². The molecule has 0 saturated carbocycles. The van der Waals surface area contributed by atoms with Gasteiger partial charge in [-0.25, -0.2) is 9.78 Å². The van der Waals surface area contributed by atoms with Crippen molar-refractivity contribution in [2.24, 2.45) is 0 Å². The summed E-state index contributed by atoms with van der Waals surface area (Å²) < 4.78 is 10.2. The Hall–Kier alpha value is -2.50. The molecule has 3 N–H and O–H groups in total. The lowest BCUT2D eigenvalue weighted by Crippen LogP contribution is -2.12. The minimum absolute atomic E-state index is 0.0730. The van der Waals surface area contributed by atoms with Crippen molar-refractivity contribution in [3.05, 3.63) is 42.0 Å². The molecule has 20 heavy (non-hydrogen) atoms. The minimum atomic E-state index is -0.457. The van der Waals surface area contributed by atoms with Crippen molar-refractivity contribution in [3.8, 4) is 0 Å². The number of esters is 1. The monoisotopic (exact) mass is 275 g/mol. The van der Waals surface area contributed by atoms with Gasteiger partial charge in [0.2, 0.25) is 0 Å². The van der Waals surface area contributed by atoms with Crippen LogP contribution in [0.25, 0.3) is 0 Å². The Morgan fingerprint density at radius 1 is 1.60 bits per heavy atom. The number of nitrogens with two attached hydrogens (primary N) is 1. The Morgan fingerprint density at radius 3 is 3.05 bits per heavy atom. The predicted molar refractivity (Wildman–Crippen MR) is 75.4 cm³/mol. The second kappa shape index (κ2) is 6.10. The number of pyridine rings is 1. The molecule has 2 aromatic heterocycles. The molecule has 106 valence electrons. The summed E-state index contributed by atoms with van der Waals surface area (Å²) in [4.78, 5) is 15.9. The van der Waals surface area contributed by atoms with Gasteiger partial charge >= 0.3 is 5.97 Å². The van der Waals surface area contributed by atoms with E-state index >= 15 is 0 Å². The maximum Gasteiger partial charge on any atom is 0.340 e. The highest BCUT2D eigenvalue weighted by atomic mass is 16.5. The molecule has 0 bridgehead atoms. The third-order valence-corrected chi connectivity index (χ3v) is 2.76. The summed E-state index contributed by atoms with van der Waals surface area (Å²) >= 11 is 0. The molecule has 2 aromatic rings. The van der Waals surface area contributed by atoms with Crippen LogP contribution in [0.3, 0.4) is 0 Å². The van der Waals surface area contributed by atoms with E-state index in [2.05, 4.69) is 10.3 Å². The number of carbonyl (C=O) groups excluding carboxylic acids is 1. The molecule has 0 saturated heterocycles. The number of anilines is 2. The molecule has 0 fully saturated rings. The average molecular weight is 275 g/mol. The number of hydrogen-bond acceptors (Lipinski definition) is 6. The van der Waals surface area contributed by atoms with Gasteiger partial charge in [0.05, 0.1) is 36.4 Å². The van der Waals surface area contributed by atoms with Gasteiger partial charge in [0.1, 0.15) is 11.6 Å². The van der Waals surface area contributed by atoms with Gasteiger partial charge in [0.25, 0.3) is 0 Å². The Bertz CT molecular complexity index is 581. The summed E-state index contributed by atoms with van der Waals surface area (Å²) in [7, 11) is 0. The molecule has 0 aliphatic rings. The summed E-state index contributed by atoms with van der Waals surface area (Å²) in [6, 6.07) is 5.18. The van der Waals surface area contributed by atoms with Crippen LogP contribution in [-0.4, -0.2) is 17.6 Å². The molecule has 1 unspecified atom stereocenters. The number of nitrogen functional groups attached to an aromatic ring is 1. The summed E-state index contributed by atoms with van der Waals surface area (Å²) in [5.74, 6) is 0.855. The first-order valence-electron chi connectivity index (χ1n) is 6.34. The van der Waals surface area contributed by atoms with E-state index in [9.17, 15) is 4.79 Å². The first kappa shape index (κ1) is 13.9. The van der Waals surface area contributed by atoms with E-state index < -0.39 is 5.97 Å². The van der Waals surface area contributed by atoms with Crippen molar-refractivity contribution < 1.29 is 13.9 Å². The zero-order valence-corrected chi connectivity index (χ0v) is 11.4. The molecule has 6 heteroatoms. The van der Waals surface area contributed by atoms with E-state index in [1.807, 2.05) is 19.1 Å². The Morgan fingerprint density at radius 2 is 2.40 bits per heavy atom. The predicted octanol–water partition coefficient (Wildman–Crippen LogP) is 2.61. The number of carbonyl (C=O) groups is 1. The summed E-state index contributed by atoms with van der Waals surface area (Å²) in [6.45, 7) is 3.97. The average Bonchev–Trinajstić information content (AvgIpc) is 2.95. The molecule has 0 aliphatic heterocycles. The highest BCUT2D eigenvalue weighted by molar-refractivity contribution is 5.95. The maximum absolute atomic E-state index is 11.8. The molecule has 6 nitrogen and oxygen atoms in total. The zero-order chi connectivity index (χ0) is 14.5. The number of ether oxygens (including phenoxy) is 1. The molecule has 0 radical (unpaired) electrons. The molecule has 0 aliphatic carbocycles. The van der Waals surface area contributed by atoms with Gasteiger partial charge in [-0.2, -0.15) is 0 Å². The Balaban J connectivity index is 2.17. The molecule has 2 rings (SSSR count). The molecule has 1 atom stereocenters. The standard InChI is InChI=1S/C14H17N3O3/c1-3-19-14(18)10-7-13(16-8-11(10)15)17-9(2)12-5-4-6-20-12/h4-9H,3,15H2,1-2H3,(H,16,17). The SMILES string of the molecule is CCOC(=O)c1cc(NC(C)c2ccco2)ncc1N. The van der Waals surface area contributed by atoms with E-state index in [0.717, 1.165) is 5.76 Å². The maximum atomic E-state index is 11.8. The normalized spacial score (nSPS) is 11.9. The fraction of sp³-hybridized carbons (Fsp3) is 0.286. The van der Waals surface area contributed by atoms with Crippen LogP contribution in [0.4, 0.5) is 11.5 Å². The zero-order valence-electron chi connectivity index (χ0n) is 11.4. The molecular formula is C14H17N3O3. The molecule has 0 amide bonds. The minimum Gasteiger partial charge on any atom is -0.467 e. The lowest BCUT2D eigenvalue weighted by atomic mass is 10.2. The second-order valence-corrected chi connectivity index (χ2v) is 4.26. The van der Waals surface area contributed by atoms with Crippen LogP contribution in [-0.2, 0) is 4.74 Å². The van der Waals surface area contributed by atoms with Crippen LogP contribution in [0.1, 0.15) is 36.0 Å². The van der Waals surface area contributed by atoms with Crippen LogP contribution in [0.5, 0.6) is 0 Å². The van der Waals surface area contributed by atoms with Gasteiger partial charge in [-0.3, -0.25) is 0 Å². The van der Waals surface area contributed by atoms with Crippen molar-refractivity contribution >= 4 is 17.5 Å². The van der Waals surface area contributed by atoms with Crippen LogP contribution in [0.15, 0.2) is 35.1 Å². The Kier molecular flexibility index (Phi) is 4.24. The molecular weight excluding hydrogens is 258 g/mol. The van der Waals surface area contributed by atoms with Crippen molar-refractivity contribution in [1.82, 2.24) is 4.98 Å². The lowest BCUT2D eigenvalue weighted by molar-refractivity contribution is 0.0527. The summed E-state index contributed by atoms with van der Waals surface area (Å²) in [5.41, 5.74) is 6.33. The van der Waals surface area contributed by atoms with Gasteiger partial charge in [-0.15, -0.1) is 0 Å². The van der Waals surface area contributed by atoms with Crippen LogP contribution < -0.4 is 11.1 Å². The number of rotatable bonds is 5. The topological polar surface area (TPSA) is 90.4 Å². The lowest BCUT2D eigenvalue weighted by Gasteiger charge is -2.13. The Labute approximate surface area is 116 Å². The van der Waals surface area contributed by atoms with E-state index in [1.54, 1.807) is 19.3 Å². The fourth-order valence-corrected chi connectivity index (χ4v) is 1.76. The first-order chi connectivity index (χ1) is 9.61. The highest BCUT2D eigenvalue weighted by Crippen LogP contribution is 2.21. The number of nitrogens with one attached hydrogen (secondary N) is 1. The largest absolute Gasteiger partial charge is 0.467 e.